The summed E-state index contributed by atoms with van der Waals surface area (Å²) < 4.78 is 25.9. The maximum atomic E-state index is 12.2. The summed E-state index contributed by atoms with van der Waals surface area (Å²) in [5.41, 5.74) is 5.50. The fraction of sp³-hybridized carbons (Fsp3) is 1.00. The first-order valence-corrected chi connectivity index (χ1v) is 7.12. The largest absolute Gasteiger partial charge is 0.329 e. The van der Waals surface area contributed by atoms with Crippen LogP contribution in [-0.2, 0) is 10.0 Å². The quantitative estimate of drug-likeness (QED) is 0.722. The third-order valence-corrected chi connectivity index (χ3v) is 5.11. The summed E-state index contributed by atoms with van der Waals surface area (Å²) >= 11 is 0. The van der Waals surface area contributed by atoms with E-state index in [1.54, 1.807) is 4.31 Å². The van der Waals surface area contributed by atoms with Crippen LogP contribution in [0.4, 0.5) is 0 Å². The number of hydrogen-bond donors (Lipinski definition) is 1. The summed E-state index contributed by atoms with van der Waals surface area (Å²) in [5.74, 6) is 0. The maximum Gasteiger partial charge on any atom is 0.218 e. The minimum atomic E-state index is -3.22. The zero-order valence-electron chi connectivity index (χ0n) is 10.2. The number of rotatable bonds is 7. The van der Waals surface area contributed by atoms with Crippen LogP contribution >= 0.6 is 0 Å². The molecule has 0 aliphatic rings. The lowest BCUT2D eigenvalue weighted by Crippen LogP contribution is -2.45. The zero-order chi connectivity index (χ0) is 12.1. The van der Waals surface area contributed by atoms with Crippen molar-refractivity contribution in [1.29, 1.82) is 0 Å². The monoisotopic (exact) mass is 236 g/mol. The summed E-state index contributed by atoms with van der Waals surface area (Å²) in [4.78, 5) is 0. The number of hydrogen-bond acceptors (Lipinski definition) is 3. The average molecular weight is 236 g/mol. The molecule has 1 unspecified atom stereocenters. The molecule has 0 bridgehead atoms. The van der Waals surface area contributed by atoms with Gasteiger partial charge in [0.15, 0.2) is 0 Å². The summed E-state index contributed by atoms with van der Waals surface area (Å²) in [6.07, 6.45) is 1.41. The van der Waals surface area contributed by atoms with E-state index in [9.17, 15) is 8.42 Å². The van der Waals surface area contributed by atoms with Crippen LogP contribution in [0, 0.1) is 0 Å². The first kappa shape index (κ1) is 14.9. The Labute approximate surface area is 93.9 Å². The van der Waals surface area contributed by atoms with Crippen LogP contribution in [0.15, 0.2) is 0 Å². The van der Waals surface area contributed by atoms with Gasteiger partial charge in [0.25, 0.3) is 0 Å². The van der Waals surface area contributed by atoms with Crippen LogP contribution in [0.5, 0.6) is 0 Å². The zero-order valence-corrected chi connectivity index (χ0v) is 11.0. The molecular weight excluding hydrogens is 212 g/mol. The van der Waals surface area contributed by atoms with Crippen molar-refractivity contribution in [2.24, 2.45) is 5.73 Å². The number of sulfonamides is 1. The molecule has 1 atom stereocenters. The molecule has 5 heteroatoms. The molecule has 0 heterocycles. The van der Waals surface area contributed by atoms with Crippen LogP contribution < -0.4 is 5.73 Å². The van der Waals surface area contributed by atoms with Gasteiger partial charge in [0.05, 0.1) is 5.25 Å². The maximum absolute atomic E-state index is 12.2. The van der Waals surface area contributed by atoms with Crippen LogP contribution in [-0.4, -0.2) is 37.1 Å². The predicted octanol–water partition coefficient (Wildman–Crippen LogP) is 1.17. The molecular formula is C10H24N2O2S. The Balaban J connectivity index is 4.93. The van der Waals surface area contributed by atoms with Gasteiger partial charge < -0.3 is 5.73 Å². The lowest BCUT2D eigenvalue weighted by atomic mass is 10.3. The minimum Gasteiger partial charge on any atom is -0.329 e. The molecule has 0 amide bonds. The molecule has 0 aliphatic heterocycles. The number of nitrogens with two attached hydrogens (primary N) is 1. The van der Waals surface area contributed by atoms with Crippen LogP contribution in [0.3, 0.4) is 0 Å². The van der Waals surface area contributed by atoms with Gasteiger partial charge >= 0.3 is 0 Å². The standard InChI is InChI=1S/C10H24N2O2S/c1-5-7-12(9(3)4)15(13,14)10(6-2)8-11/h9-10H,5-8,11H2,1-4H3. The van der Waals surface area contributed by atoms with E-state index in [1.807, 2.05) is 27.7 Å². The van der Waals surface area contributed by atoms with Crippen molar-refractivity contribution in [3.63, 3.8) is 0 Å². The van der Waals surface area contributed by atoms with Crippen molar-refractivity contribution in [3.8, 4) is 0 Å². The Kier molecular flexibility index (Phi) is 6.40. The van der Waals surface area contributed by atoms with E-state index in [-0.39, 0.29) is 12.6 Å². The van der Waals surface area contributed by atoms with Gasteiger partial charge in [0.2, 0.25) is 10.0 Å². The Bertz CT molecular complexity index is 259. The lowest BCUT2D eigenvalue weighted by molar-refractivity contribution is 0.348. The van der Waals surface area contributed by atoms with E-state index in [0.717, 1.165) is 6.42 Å². The molecule has 0 rings (SSSR count). The van der Waals surface area contributed by atoms with Crippen LogP contribution in [0.1, 0.15) is 40.5 Å². The molecule has 0 fully saturated rings. The average Bonchev–Trinajstić information content (AvgIpc) is 2.14. The first-order chi connectivity index (χ1) is 6.91. The molecule has 0 radical (unpaired) electrons. The van der Waals surface area contributed by atoms with E-state index in [0.29, 0.717) is 13.0 Å². The van der Waals surface area contributed by atoms with Crippen LogP contribution in [0.25, 0.3) is 0 Å². The van der Waals surface area contributed by atoms with E-state index >= 15 is 0 Å². The lowest BCUT2D eigenvalue weighted by Gasteiger charge is -2.29. The first-order valence-electron chi connectivity index (χ1n) is 5.62. The van der Waals surface area contributed by atoms with Crippen molar-refractivity contribution < 1.29 is 8.42 Å². The second kappa shape index (κ2) is 6.45. The van der Waals surface area contributed by atoms with Gasteiger partial charge in [-0.25, -0.2) is 8.42 Å². The Morgan fingerprint density at radius 2 is 1.80 bits per heavy atom. The third-order valence-electron chi connectivity index (χ3n) is 2.49. The topological polar surface area (TPSA) is 63.4 Å². The highest BCUT2D eigenvalue weighted by atomic mass is 32.2. The fourth-order valence-corrected chi connectivity index (χ4v) is 3.66. The Morgan fingerprint density at radius 3 is 2.07 bits per heavy atom. The SMILES string of the molecule is CCCN(C(C)C)S(=O)(=O)C(CC)CN. The highest BCUT2D eigenvalue weighted by molar-refractivity contribution is 7.89. The normalized spacial score (nSPS) is 14.9. The highest BCUT2D eigenvalue weighted by Crippen LogP contribution is 2.15. The van der Waals surface area contributed by atoms with Gasteiger partial charge in [-0.15, -0.1) is 0 Å². The molecule has 0 aromatic carbocycles. The van der Waals surface area contributed by atoms with Crippen molar-refractivity contribution >= 4 is 10.0 Å². The number of nitrogens with zero attached hydrogens (tertiary/aromatic N) is 1. The van der Waals surface area contributed by atoms with Crippen molar-refractivity contribution in [2.75, 3.05) is 13.1 Å². The van der Waals surface area contributed by atoms with Gasteiger partial charge in [-0.1, -0.05) is 13.8 Å². The Morgan fingerprint density at radius 1 is 1.27 bits per heavy atom. The predicted molar refractivity (Wildman–Crippen MR) is 64.2 cm³/mol. The third kappa shape index (κ3) is 3.74. The van der Waals surface area contributed by atoms with Crippen molar-refractivity contribution in [3.05, 3.63) is 0 Å². The summed E-state index contributed by atoms with van der Waals surface area (Å²) in [6.45, 7) is 8.42. The van der Waals surface area contributed by atoms with E-state index in [4.69, 9.17) is 5.73 Å². The summed E-state index contributed by atoms with van der Waals surface area (Å²) in [6, 6.07) is 0.00977. The van der Waals surface area contributed by atoms with Gasteiger partial charge in [0.1, 0.15) is 0 Å². The molecule has 15 heavy (non-hydrogen) atoms. The minimum absolute atomic E-state index is 0.00977. The molecule has 0 saturated carbocycles. The summed E-state index contributed by atoms with van der Waals surface area (Å²) in [7, 11) is -3.22. The van der Waals surface area contributed by atoms with Crippen molar-refractivity contribution in [2.45, 2.75) is 51.8 Å². The van der Waals surface area contributed by atoms with E-state index in [1.165, 1.54) is 0 Å². The van der Waals surface area contributed by atoms with Gasteiger partial charge in [-0.2, -0.15) is 4.31 Å². The smallest absolute Gasteiger partial charge is 0.218 e. The van der Waals surface area contributed by atoms with E-state index < -0.39 is 15.3 Å². The van der Waals surface area contributed by atoms with E-state index in [2.05, 4.69) is 0 Å². The van der Waals surface area contributed by atoms with Gasteiger partial charge in [0, 0.05) is 19.1 Å². The molecule has 4 nitrogen and oxygen atoms in total. The molecule has 0 saturated heterocycles. The molecule has 0 aromatic heterocycles. The Hall–Kier alpha value is -0.130. The highest BCUT2D eigenvalue weighted by Gasteiger charge is 2.30. The fourth-order valence-electron chi connectivity index (χ4n) is 1.59. The van der Waals surface area contributed by atoms with Crippen LogP contribution in [0.2, 0.25) is 0 Å². The molecule has 92 valence electrons. The molecule has 0 spiro atoms. The second-order valence-corrected chi connectivity index (χ2v) is 6.18. The second-order valence-electron chi connectivity index (χ2n) is 4.02. The molecule has 2 N–H and O–H groups in total. The molecule has 0 aliphatic carbocycles. The van der Waals surface area contributed by atoms with Gasteiger partial charge in [-0.3, -0.25) is 0 Å². The van der Waals surface area contributed by atoms with Crippen molar-refractivity contribution in [1.82, 2.24) is 4.31 Å². The summed E-state index contributed by atoms with van der Waals surface area (Å²) in [5, 5.41) is -0.438. The molecule has 0 aromatic rings. The van der Waals surface area contributed by atoms with Gasteiger partial charge in [-0.05, 0) is 26.7 Å².